The van der Waals surface area contributed by atoms with Crippen molar-refractivity contribution in [2.24, 2.45) is 7.05 Å². The van der Waals surface area contributed by atoms with Gasteiger partial charge in [-0.3, -0.25) is 0 Å². The maximum Gasteiger partial charge on any atom is 0.168 e. The molecule has 17 heavy (non-hydrogen) atoms. The first-order chi connectivity index (χ1) is 8.20. The van der Waals surface area contributed by atoms with E-state index in [9.17, 15) is 0 Å². The van der Waals surface area contributed by atoms with Gasteiger partial charge in [-0.1, -0.05) is 41.6 Å². The first kappa shape index (κ1) is 12.5. The molecule has 1 aromatic heterocycles. The Kier molecular flexibility index (Phi) is 4.13. The number of aryl methyl sites for hydroxylation is 1. The largest absolute Gasteiger partial charge is 0.325 e. The molecule has 1 aromatic carbocycles. The maximum absolute atomic E-state index is 5.81. The van der Waals surface area contributed by atoms with Gasteiger partial charge in [-0.05, 0) is 12.5 Å². The van der Waals surface area contributed by atoms with Crippen LogP contribution < -0.4 is 0 Å². The molecule has 2 nitrogen and oxygen atoms in total. The van der Waals surface area contributed by atoms with Crippen molar-refractivity contribution >= 4 is 23.4 Å². The molecule has 0 fully saturated rings. The molecule has 0 aliphatic rings. The van der Waals surface area contributed by atoms with Gasteiger partial charge in [0.1, 0.15) is 0 Å². The van der Waals surface area contributed by atoms with Crippen LogP contribution in [0.1, 0.15) is 16.8 Å². The molecule has 0 aliphatic heterocycles. The molecule has 0 saturated carbocycles. The summed E-state index contributed by atoms with van der Waals surface area (Å²) in [5.41, 5.74) is 3.67. The van der Waals surface area contributed by atoms with Crippen LogP contribution in [-0.4, -0.2) is 9.55 Å². The molecule has 90 valence electrons. The van der Waals surface area contributed by atoms with Crippen molar-refractivity contribution in [3.05, 3.63) is 47.3 Å². The SMILES string of the molecule is Cc1cccc(CSc2ncc(CCl)n2C)c1. The van der Waals surface area contributed by atoms with Gasteiger partial charge in [0.25, 0.3) is 0 Å². The van der Waals surface area contributed by atoms with Gasteiger partial charge in [-0.15, -0.1) is 11.6 Å². The minimum absolute atomic E-state index is 0.508. The number of nitrogens with zero attached hydrogens (tertiary/aromatic N) is 2. The zero-order chi connectivity index (χ0) is 12.3. The zero-order valence-corrected chi connectivity index (χ0v) is 11.6. The van der Waals surface area contributed by atoms with E-state index in [1.54, 1.807) is 11.8 Å². The van der Waals surface area contributed by atoms with Crippen molar-refractivity contribution in [2.75, 3.05) is 0 Å². The third-order valence-electron chi connectivity index (χ3n) is 2.63. The van der Waals surface area contributed by atoms with Gasteiger partial charge in [0.05, 0.1) is 17.8 Å². The van der Waals surface area contributed by atoms with Crippen LogP contribution in [0.25, 0.3) is 0 Å². The molecule has 4 heteroatoms. The van der Waals surface area contributed by atoms with Crippen LogP contribution in [0.5, 0.6) is 0 Å². The van der Waals surface area contributed by atoms with Gasteiger partial charge in [0.15, 0.2) is 5.16 Å². The molecule has 0 N–H and O–H groups in total. The fourth-order valence-corrected chi connectivity index (χ4v) is 2.80. The van der Waals surface area contributed by atoms with Gasteiger partial charge in [0, 0.05) is 12.8 Å². The molecule has 2 aromatic rings. The number of benzene rings is 1. The molecular weight excluding hydrogens is 252 g/mol. The summed E-state index contributed by atoms with van der Waals surface area (Å²) < 4.78 is 2.05. The number of alkyl halides is 1. The van der Waals surface area contributed by atoms with E-state index in [2.05, 4.69) is 36.2 Å². The summed E-state index contributed by atoms with van der Waals surface area (Å²) in [4.78, 5) is 4.37. The summed E-state index contributed by atoms with van der Waals surface area (Å²) in [6, 6.07) is 8.55. The number of hydrogen-bond acceptors (Lipinski definition) is 2. The Morgan fingerprint density at radius 3 is 2.88 bits per heavy atom. The Bertz CT molecular complexity index is 508. The summed E-state index contributed by atoms with van der Waals surface area (Å²) in [5, 5.41) is 1.02. The van der Waals surface area contributed by atoms with E-state index >= 15 is 0 Å². The fraction of sp³-hybridized carbons (Fsp3) is 0.308. The summed E-state index contributed by atoms with van der Waals surface area (Å²) in [6.07, 6.45) is 1.84. The highest BCUT2D eigenvalue weighted by Crippen LogP contribution is 2.22. The van der Waals surface area contributed by atoms with Crippen molar-refractivity contribution in [1.82, 2.24) is 9.55 Å². The lowest BCUT2D eigenvalue weighted by molar-refractivity contribution is 0.761. The summed E-state index contributed by atoms with van der Waals surface area (Å²) in [6.45, 7) is 2.11. The normalized spacial score (nSPS) is 10.8. The standard InChI is InChI=1S/C13H15ClN2S/c1-10-4-3-5-11(6-10)9-17-13-15-8-12(7-14)16(13)2/h3-6,8H,7,9H2,1-2H3. The van der Waals surface area contributed by atoms with Crippen molar-refractivity contribution in [3.63, 3.8) is 0 Å². The number of aromatic nitrogens is 2. The van der Waals surface area contributed by atoms with Crippen LogP contribution in [0.3, 0.4) is 0 Å². The average molecular weight is 267 g/mol. The average Bonchev–Trinajstić information content (AvgIpc) is 2.67. The third kappa shape index (κ3) is 3.05. The Balaban J connectivity index is 2.05. The molecule has 0 unspecified atom stereocenters. The van der Waals surface area contributed by atoms with E-state index in [1.165, 1.54) is 11.1 Å². The first-order valence-electron chi connectivity index (χ1n) is 5.45. The Hall–Kier alpha value is -0.930. The molecule has 0 radical (unpaired) electrons. The van der Waals surface area contributed by atoms with Crippen LogP contribution in [0.15, 0.2) is 35.6 Å². The number of rotatable bonds is 4. The molecular formula is C13H15ClN2S. The minimum Gasteiger partial charge on any atom is -0.325 e. The molecule has 0 spiro atoms. The van der Waals surface area contributed by atoms with Crippen molar-refractivity contribution in [3.8, 4) is 0 Å². The van der Waals surface area contributed by atoms with Gasteiger partial charge >= 0.3 is 0 Å². The van der Waals surface area contributed by atoms with Gasteiger partial charge in [0.2, 0.25) is 0 Å². The molecule has 0 amide bonds. The molecule has 0 saturated heterocycles. The smallest absolute Gasteiger partial charge is 0.168 e. The lowest BCUT2D eigenvalue weighted by atomic mass is 10.2. The second kappa shape index (κ2) is 5.61. The molecule has 0 bridgehead atoms. The highest BCUT2D eigenvalue weighted by Gasteiger charge is 2.06. The quantitative estimate of drug-likeness (QED) is 0.619. The van der Waals surface area contributed by atoms with E-state index in [0.717, 1.165) is 16.6 Å². The second-order valence-electron chi connectivity index (χ2n) is 4.00. The minimum atomic E-state index is 0.508. The lowest BCUT2D eigenvalue weighted by Crippen LogP contribution is -1.95. The first-order valence-corrected chi connectivity index (χ1v) is 6.97. The zero-order valence-electron chi connectivity index (χ0n) is 9.98. The van der Waals surface area contributed by atoms with Crippen molar-refractivity contribution < 1.29 is 0 Å². The predicted molar refractivity (Wildman–Crippen MR) is 73.5 cm³/mol. The van der Waals surface area contributed by atoms with E-state index in [1.807, 2.05) is 17.8 Å². The van der Waals surface area contributed by atoms with Gasteiger partial charge in [-0.25, -0.2) is 4.98 Å². The Morgan fingerprint density at radius 1 is 1.41 bits per heavy atom. The summed E-state index contributed by atoms with van der Waals surface area (Å²) >= 11 is 7.55. The van der Waals surface area contributed by atoms with E-state index < -0.39 is 0 Å². The number of hydrogen-bond donors (Lipinski definition) is 0. The molecule has 2 rings (SSSR count). The summed E-state index contributed by atoms with van der Waals surface area (Å²) in [5.74, 6) is 1.45. The highest BCUT2D eigenvalue weighted by atomic mass is 35.5. The molecule has 0 aliphatic carbocycles. The topological polar surface area (TPSA) is 17.8 Å². The fourth-order valence-electron chi connectivity index (χ4n) is 1.63. The lowest BCUT2D eigenvalue weighted by Gasteiger charge is -2.04. The third-order valence-corrected chi connectivity index (χ3v) is 4.02. The number of halogens is 1. The number of thioether (sulfide) groups is 1. The molecule has 0 atom stereocenters. The maximum atomic E-state index is 5.81. The van der Waals surface area contributed by atoms with Crippen molar-refractivity contribution in [1.29, 1.82) is 0 Å². The Morgan fingerprint density at radius 2 is 2.24 bits per heavy atom. The van der Waals surface area contributed by atoms with Crippen LogP contribution in [0, 0.1) is 6.92 Å². The highest BCUT2D eigenvalue weighted by molar-refractivity contribution is 7.98. The van der Waals surface area contributed by atoms with Crippen LogP contribution in [-0.2, 0) is 18.7 Å². The van der Waals surface area contributed by atoms with E-state index in [4.69, 9.17) is 11.6 Å². The number of imidazole rings is 1. The second-order valence-corrected chi connectivity index (χ2v) is 5.21. The van der Waals surface area contributed by atoms with Gasteiger partial charge in [-0.2, -0.15) is 0 Å². The van der Waals surface area contributed by atoms with Crippen LogP contribution in [0.2, 0.25) is 0 Å². The van der Waals surface area contributed by atoms with Crippen molar-refractivity contribution in [2.45, 2.75) is 23.7 Å². The molecule has 1 heterocycles. The van der Waals surface area contributed by atoms with Gasteiger partial charge < -0.3 is 4.57 Å². The monoisotopic (exact) mass is 266 g/mol. The van der Waals surface area contributed by atoms with E-state index in [-0.39, 0.29) is 0 Å². The Labute approximate surface area is 111 Å². The predicted octanol–water partition coefficient (Wildman–Crippen LogP) is 3.76. The summed E-state index contributed by atoms with van der Waals surface area (Å²) in [7, 11) is 2.00. The van der Waals surface area contributed by atoms with Crippen LogP contribution in [0.4, 0.5) is 0 Å². The van der Waals surface area contributed by atoms with E-state index in [0.29, 0.717) is 5.88 Å². The van der Waals surface area contributed by atoms with Crippen LogP contribution >= 0.6 is 23.4 Å².